The maximum atomic E-state index is 11.7. The van der Waals surface area contributed by atoms with Crippen molar-refractivity contribution >= 4 is 23.0 Å². The number of carbonyl (C=O) groups excluding carboxylic acids is 1. The van der Waals surface area contributed by atoms with Crippen molar-refractivity contribution in [3.8, 4) is 0 Å². The second-order valence-corrected chi connectivity index (χ2v) is 4.95. The molecular formula is C17H22N2O. The molecule has 0 unspecified atom stereocenters. The monoisotopic (exact) mass is 270 g/mol. The van der Waals surface area contributed by atoms with Crippen LogP contribution in [0.1, 0.15) is 32.6 Å². The van der Waals surface area contributed by atoms with Crippen LogP contribution in [-0.4, -0.2) is 17.0 Å². The van der Waals surface area contributed by atoms with E-state index in [-0.39, 0.29) is 5.91 Å². The summed E-state index contributed by atoms with van der Waals surface area (Å²) in [7, 11) is 0. The fourth-order valence-corrected chi connectivity index (χ4v) is 2.20. The fourth-order valence-electron chi connectivity index (χ4n) is 2.20. The Morgan fingerprint density at radius 1 is 1.20 bits per heavy atom. The maximum Gasteiger partial charge on any atom is 0.245 e. The van der Waals surface area contributed by atoms with Crippen molar-refractivity contribution in [1.29, 1.82) is 0 Å². The second-order valence-electron chi connectivity index (χ2n) is 4.95. The Morgan fingerprint density at radius 3 is 2.90 bits per heavy atom. The first-order valence-electron chi connectivity index (χ1n) is 7.33. The first kappa shape index (κ1) is 14.4. The van der Waals surface area contributed by atoms with Crippen molar-refractivity contribution in [3.05, 3.63) is 42.6 Å². The Bertz CT molecular complexity index is 583. The highest BCUT2D eigenvalue weighted by Crippen LogP contribution is 2.14. The first-order valence-corrected chi connectivity index (χ1v) is 7.33. The molecule has 0 spiro atoms. The summed E-state index contributed by atoms with van der Waals surface area (Å²) >= 11 is 0. The zero-order chi connectivity index (χ0) is 14.2. The number of para-hydroxylation sites is 1. The van der Waals surface area contributed by atoms with Gasteiger partial charge < -0.3 is 9.88 Å². The van der Waals surface area contributed by atoms with E-state index in [2.05, 4.69) is 18.3 Å². The predicted octanol–water partition coefficient (Wildman–Crippen LogP) is 3.81. The quantitative estimate of drug-likeness (QED) is 0.602. The van der Waals surface area contributed by atoms with E-state index in [1.807, 2.05) is 41.2 Å². The number of hydrogen-bond acceptors (Lipinski definition) is 1. The average molecular weight is 270 g/mol. The minimum Gasteiger partial charge on any atom is -0.353 e. The normalized spacial score (nSPS) is 11.2. The smallest absolute Gasteiger partial charge is 0.245 e. The minimum absolute atomic E-state index is 0.0284. The molecular weight excluding hydrogens is 248 g/mol. The Morgan fingerprint density at radius 2 is 2.05 bits per heavy atom. The number of benzene rings is 1. The highest BCUT2D eigenvalue weighted by Gasteiger charge is 1.98. The SMILES string of the molecule is CCCCCCNC(=O)C=Cn1ccc2ccccc21. The van der Waals surface area contributed by atoms with Crippen molar-refractivity contribution in [2.24, 2.45) is 0 Å². The van der Waals surface area contributed by atoms with Gasteiger partial charge in [-0.25, -0.2) is 0 Å². The summed E-state index contributed by atoms with van der Waals surface area (Å²) in [6.07, 6.45) is 10.1. The van der Waals surface area contributed by atoms with E-state index in [4.69, 9.17) is 0 Å². The van der Waals surface area contributed by atoms with Crippen LogP contribution in [0.25, 0.3) is 17.1 Å². The Labute approximate surface area is 120 Å². The van der Waals surface area contributed by atoms with Crippen molar-refractivity contribution in [3.63, 3.8) is 0 Å². The number of unbranched alkanes of at least 4 members (excludes halogenated alkanes) is 3. The summed E-state index contributed by atoms with van der Waals surface area (Å²) in [5.41, 5.74) is 1.11. The van der Waals surface area contributed by atoms with Gasteiger partial charge in [0.2, 0.25) is 5.91 Å². The van der Waals surface area contributed by atoms with Gasteiger partial charge >= 0.3 is 0 Å². The molecule has 1 aromatic carbocycles. The molecule has 0 atom stereocenters. The highest BCUT2D eigenvalue weighted by atomic mass is 16.1. The van der Waals surface area contributed by atoms with E-state index in [1.165, 1.54) is 24.6 Å². The largest absolute Gasteiger partial charge is 0.353 e. The van der Waals surface area contributed by atoms with Crippen LogP contribution in [0.4, 0.5) is 0 Å². The summed E-state index contributed by atoms with van der Waals surface area (Å²) < 4.78 is 1.96. The Hall–Kier alpha value is -2.03. The number of nitrogens with one attached hydrogen (secondary N) is 1. The zero-order valence-corrected chi connectivity index (χ0v) is 12.0. The van der Waals surface area contributed by atoms with Gasteiger partial charge in [-0.2, -0.15) is 0 Å². The molecule has 0 bridgehead atoms. The molecule has 20 heavy (non-hydrogen) atoms. The molecule has 2 aromatic rings. The number of carbonyl (C=O) groups is 1. The molecule has 1 heterocycles. The van der Waals surface area contributed by atoms with E-state index in [0.717, 1.165) is 18.5 Å². The summed E-state index contributed by atoms with van der Waals surface area (Å²) in [6, 6.07) is 10.2. The lowest BCUT2D eigenvalue weighted by Crippen LogP contribution is -2.22. The van der Waals surface area contributed by atoms with Gasteiger partial charge in [0.15, 0.2) is 0 Å². The van der Waals surface area contributed by atoms with E-state index in [1.54, 1.807) is 6.08 Å². The highest BCUT2D eigenvalue weighted by molar-refractivity contribution is 5.91. The summed E-state index contributed by atoms with van der Waals surface area (Å²) in [5.74, 6) is -0.0284. The second kappa shape index (κ2) is 7.53. The Kier molecular flexibility index (Phi) is 5.42. The van der Waals surface area contributed by atoms with Crippen molar-refractivity contribution in [2.45, 2.75) is 32.6 Å². The van der Waals surface area contributed by atoms with Crippen LogP contribution in [0.3, 0.4) is 0 Å². The van der Waals surface area contributed by atoms with Crippen LogP contribution in [0.5, 0.6) is 0 Å². The molecule has 3 nitrogen and oxygen atoms in total. The molecule has 106 valence electrons. The molecule has 1 amide bonds. The van der Waals surface area contributed by atoms with E-state index < -0.39 is 0 Å². The molecule has 1 N–H and O–H groups in total. The fraction of sp³-hybridized carbons (Fsp3) is 0.353. The standard InChI is InChI=1S/C17H22N2O/c1-2-3-4-7-12-18-17(20)11-14-19-13-10-15-8-5-6-9-16(15)19/h5-6,8-11,13-14H,2-4,7,12H2,1H3,(H,18,20). The summed E-state index contributed by atoms with van der Waals surface area (Å²) in [4.78, 5) is 11.7. The van der Waals surface area contributed by atoms with Gasteiger partial charge in [0, 0.05) is 25.0 Å². The lowest BCUT2D eigenvalue weighted by molar-refractivity contribution is -0.116. The third-order valence-electron chi connectivity index (χ3n) is 3.35. The number of nitrogens with zero attached hydrogens (tertiary/aromatic N) is 1. The van der Waals surface area contributed by atoms with Crippen LogP contribution in [0.15, 0.2) is 42.6 Å². The number of aromatic nitrogens is 1. The van der Waals surface area contributed by atoms with Gasteiger partial charge in [0.05, 0.1) is 5.52 Å². The molecule has 0 fully saturated rings. The van der Waals surface area contributed by atoms with Gasteiger partial charge in [-0.3, -0.25) is 4.79 Å². The van der Waals surface area contributed by atoms with Crippen LogP contribution in [-0.2, 0) is 4.79 Å². The van der Waals surface area contributed by atoms with Crippen LogP contribution >= 0.6 is 0 Å². The molecule has 0 aliphatic rings. The topological polar surface area (TPSA) is 34.0 Å². The molecule has 1 aromatic heterocycles. The van der Waals surface area contributed by atoms with Crippen LogP contribution in [0, 0.1) is 0 Å². The van der Waals surface area contributed by atoms with Gasteiger partial charge in [0.1, 0.15) is 0 Å². The van der Waals surface area contributed by atoms with Gasteiger partial charge in [-0.05, 0) is 23.9 Å². The number of amides is 1. The molecule has 0 aliphatic carbocycles. The number of hydrogen-bond donors (Lipinski definition) is 1. The molecule has 0 saturated carbocycles. The Balaban J connectivity index is 1.84. The van der Waals surface area contributed by atoms with Gasteiger partial charge in [0.25, 0.3) is 0 Å². The van der Waals surface area contributed by atoms with Crippen molar-refractivity contribution < 1.29 is 4.79 Å². The lowest BCUT2D eigenvalue weighted by atomic mass is 10.2. The van der Waals surface area contributed by atoms with E-state index >= 15 is 0 Å². The zero-order valence-electron chi connectivity index (χ0n) is 12.0. The average Bonchev–Trinajstić information content (AvgIpc) is 2.88. The molecule has 0 saturated heterocycles. The van der Waals surface area contributed by atoms with Crippen LogP contribution in [0.2, 0.25) is 0 Å². The summed E-state index contributed by atoms with van der Waals surface area (Å²) in [6.45, 7) is 2.94. The molecule has 2 rings (SSSR count). The van der Waals surface area contributed by atoms with Gasteiger partial charge in [-0.1, -0.05) is 44.4 Å². The third-order valence-corrected chi connectivity index (χ3v) is 3.35. The maximum absolute atomic E-state index is 11.7. The third kappa shape index (κ3) is 3.98. The molecule has 0 aliphatic heterocycles. The van der Waals surface area contributed by atoms with Crippen molar-refractivity contribution in [2.75, 3.05) is 6.54 Å². The lowest BCUT2D eigenvalue weighted by Gasteiger charge is -2.02. The van der Waals surface area contributed by atoms with Gasteiger partial charge in [-0.15, -0.1) is 0 Å². The number of fused-ring (bicyclic) bond motifs is 1. The molecule has 0 radical (unpaired) electrons. The van der Waals surface area contributed by atoms with Crippen LogP contribution < -0.4 is 5.32 Å². The summed E-state index contributed by atoms with van der Waals surface area (Å²) in [5, 5.41) is 4.09. The van der Waals surface area contributed by atoms with Crippen molar-refractivity contribution in [1.82, 2.24) is 9.88 Å². The number of rotatable bonds is 7. The molecule has 3 heteroatoms. The van der Waals surface area contributed by atoms with E-state index in [0.29, 0.717) is 0 Å². The first-order chi connectivity index (χ1) is 9.81. The predicted molar refractivity (Wildman–Crippen MR) is 84.4 cm³/mol. The minimum atomic E-state index is -0.0284. The van der Waals surface area contributed by atoms with E-state index in [9.17, 15) is 4.79 Å².